The van der Waals surface area contributed by atoms with Crippen LogP contribution in [0.4, 0.5) is 11.8 Å². The van der Waals surface area contributed by atoms with E-state index < -0.39 is 0 Å². The number of fused-ring (bicyclic) bond motifs is 1. The van der Waals surface area contributed by atoms with Crippen LogP contribution in [0.25, 0.3) is 0 Å². The maximum Gasteiger partial charge on any atom is 0.224 e. The lowest BCUT2D eigenvalue weighted by Gasteiger charge is -2.32. The van der Waals surface area contributed by atoms with Crippen LogP contribution in [0.2, 0.25) is 0 Å². The van der Waals surface area contributed by atoms with E-state index in [1.807, 2.05) is 7.05 Å². The summed E-state index contributed by atoms with van der Waals surface area (Å²) in [6, 6.07) is 1.19. The SMILES string of the molecule is CNc1ncc(Br)c(NC2CCN3CCCCC23)n1. The van der Waals surface area contributed by atoms with Gasteiger partial charge in [0.05, 0.1) is 4.47 Å². The second-order valence-electron chi connectivity index (χ2n) is 5.28. The average Bonchev–Trinajstić information content (AvgIpc) is 2.85. The van der Waals surface area contributed by atoms with E-state index in [0.29, 0.717) is 18.0 Å². The molecule has 3 rings (SSSR count). The maximum absolute atomic E-state index is 4.49. The monoisotopic (exact) mass is 325 g/mol. The van der Waals surface area contributed by atoms with Gasteiger partial charge in [0.15, 0.2) is 0 Å². The van der Waals surface area contributed by atoms with Gasteiger partial charge in [-0.05, 0) is 41.7 Å². The zero-order valence-electron chi connectivity index (χ0n) is 11.2. The molecular weight excluding hydrogens is 306 g/mol. The molecule has 2 saturated heterocycles. The Bertz CT molecular complexity index is 453. The summed E-state index contributed by atoms with van der Waals surface area (Å²) < 4.78 is 0.931. The van der Waals surface area contributed by atoms with Crippen molar-refractivity contribution >= 4 is 27.7 Å². The number of nitrogens with one attached hydrogen (secondary N) is 2. The van der Waals surface area contributed by atoms with Gasteiger partial charge < -0.3 is 10.6 Å². The van der Waals surface area contributed by atoms with E-state index in [1.54, 1.807) is 6.20 Å². The van der Waals surface area contributed by atoms with Gasteiger partial charge in [0.1, 0.15) is 5.82 Å². The van der Waals surface area contributed by atoms with Crippen molar-refractivity contribution in [1.82, 2.24) is 14.9 Å². The molecule has 2 N–H and O–H groups in total. The Labute approximate surface area is 122 Å². The highest BCUT2D eigenvalue weighted by molar-refractivity contribution is 9.10. The molecule has 6 heteroatoms. The van der Waals surface area contributed by atoms with Crippen LogP contribution >= 0.6 is 15.9 Å². The molecule has 0 bridgehead atoms. The van der Waals surface area contributed by atoms with E-state index in [0.717, 1.165) is 10.3 Å². The van der Waals surface area contributed by atoms with Crippen molar-refractivity contribution in [2.45, 2.75) is 37.8 Å². The lowest BCUT2D eigenvalue weighted by molar-refractivity contribution is 0.192. The molecule has 2 fully saturated rings. The first-order valence-corrected chi connectivity index (χ1v) is 7.78. The summed E-state index contributed by atoms with van der Waals surface area (Å²) in [6.07, 6.45) is 7.01. The summed E-state index contributed by atoms with van der Waals surface area (Å²) in [4.78, 5) is 11.3. The first kappa shape index (κ1) is 13.1. The summed E-state index contributed by atoms with van der Waals surface area (Å²) in [7, 11) is 1.84. The van der Waals surface area contributed by atoms with Crippen LogP contribution in [0, 0.1) is 0 Å². The number of halogens is 1. The fourth-order valence-corrected chi connectivity index (χ4v) is 3.49. The summed E-state index contributed by atoms with van der Waals surface area (Å²) >= 11 is 3.53. The minimum absolute atomic E-state index is 0.510. The number of piperidine rings is 1. The van der Waals surface area contributed by atoms with Crippen molar-refractivity contribution in [3.8, 4) is 0 Å². The fourth-order valence-electron chi connectivity index (χ4n) is 3.18. The molecule has 0 spiro atoms. The molecule has 2 atom stereocenters. The van der Waals surface area contributed by atoms with Crippen LogP contribution < -0.4 is 10.6 Å². The van der Waals surface area contributed by atoms with Gasteiger partial charge in [-0.25, -0.2) is 4.98 Å². The molecule has 0 aromatic carbocycles. The predicted molar refractivity (Wildman–Crippen MR) is 80.5 cm³/mol. The second kappa shape index (κ2) is 5.63. The Balaban J connectivity index is 1.74. The fraction of sp³-hybridized carbons (Fsp3) is 0.692. The predicted octanol–water partition coefficient (Wildman–Crippen LogP) is 2.32. The summed E-state index contributed by atoms with van der Waals surface area (Å²) in [5.41, 5.74) is 0. The van der Waals surface area contributed by atoms with Gasteiger partial charge in [0.25, 0.3) is 0 Å². The van der Waals surface area contributed by atoms with Crippen molar-refractivity contribution < 1.29 is 0 Å². The van der Waals surface area contributed by atoms with Crippen LogP contribution in [0.5, 0.6) is 0 Å². The smallest absolute Gasteiger partial charge is 0.224 e. The molecule has 104 valence electrons. The molecule has 0 saturated carbocycles. The summed E-state index contributed by atoms with van der Waals surface area (Å²) in [6.45, 7) is 2.47. The lowest BCUT2D eigenvalue weighted by atomic mass is 9.99. The zero-order valence-corrected chi connectivity index (χ0v) is 12.8. The number of rotatable bonds is 3. The van der Waals surface area contributed by atoms with Crippen LogP contribution in [0.15, 0.2) is 10.7 Å². The van der Waals surface area contributed by atoms with Gasteiger partial charge in [-0.15, -0.1) is 0 Å². The van der Waals surface area contributed by atoms with E-state index in [2.05, 4.69) is 41.4 Å². The standard InChI is InChI=1S/C13H20BrN5/c1-15-13-16-8-9(14)12(18-13)17-10-5-7-19-6-3-2-4-11(10)19/h8,10-11H,2-7H2,1H3,(H2,15,16,17,18). The lowest BCUT2D eigenvalue weighted by Crippen LogP contribution is -2.41. The molecular formula is C13H20BrN5. The van der Waals surface area contributed by atoms with Gasteiger partial charge in [-0.3, -0.25) is 4.90 Å². The minimum atomic E-state index is 0.510. The number of nitrogens with zero attached hydrogens (tertiary/aromatic N) is 3. The Morgan fingerprint density at radius 1 is 1.32 bits per heavy atom. The highest BCUT2D eigenvalue weighted by Crippen LogP contribution is 2.30. The summed E-state index contributed by atoms with van der Waals surface area (Å²) in [5, 5.41) is 6.59. The number of aromatic nitrogens is 2. The van der Waals surface area contributed by atoms with Gasteiger partial charge in [-0.2, -0.15) is 4.98 Å². The van der Waals surface area contributed by atoms with E-state index >= 15 is 0 Å². The zero-order chi connectivity index (χ0) is 13.2. The molecule has 1 aromatic rings. The van der Waals surface area contributed by atoms with Gasteiger partial charge in [0.2, 0.25) is 5.95 Å². The number of hydrogen-bond donors (Lipinski definition) is 2. The molecule has 19 heavy (non-hydrogen) atoms. The molecule has 0 radical (unpaired) electrons. The van der Waals surface area contributed by atoms with E-state index in [-0.39, 0.29) is 0 Å². The van der Waals surface area contributed by atoms with Crippen LogP contribution in [0.3, 0.4) is 0 Å². The molecule has 5 nitrogen and oxygen atoms in total. The minimum Gasteiger partial charge on any atom is -0.365 e. The van der Waals surface area contributed by atoms with Crippen molar-refractivity contribution in [3.05, 3.63) is 10.7 Å². The molecule has 2 aliphatic heterocycles. The first-order chi connectivity index (χ1) is 9.28. The quantitative estimate of drug-likeness (QED) is 0.893. The van der Waals surface area contributed by atoms with Gasteiger partial charge in [-0.1, -0.05) is 6.42 Å². The largest absolute Gasteiger partial charge is 0.365 e. The molecule has 0 aliphatic carbocycles. The molecule has 2 aliphatic rings. The number of anilines is 2. The Morgan fingerprint density at radius 3 is 3.05 bits per heavy atom. The highest BCUT2D eigenvalue weighted by atomic mass is 79.9. The van der Waals surface area contributed by atoms with Crippen LogP contribution in [-0.2, 0) is 0 Å². The molecule has 3 heterocycles. The first-order valence-electron chi connectivity index (χ1n) is 6.99. The molecule has 0 amide bonds. The van der Waals surface area contributed by atoms with Crippen molar-refractivity contribution in [3.63, 3.8) is 0 Å². The van der Waals surface area contributed by atoms with E-state index in [9.17, 15) is 0 Å². The third-order valence-electron chi connectivity index (χ3n) is 4.15. The van der Waals surface area contributed by atoms with Crippen molar-refractivity contribution in [2.24, 2.45) is 0 Å². The molecule has 1 aromatic heterocycles. The number of hydrogen-bond acceptors (Lipinski definition) is 5. The Hall–Kier alpha value is -0.880. The highest BCUT2D eigenvalue weighted by Gasteiger charge is 2.35. The van der Waals surface area contributed by atoms with Crippen LogP contribution in [0.1, 0.15) is 25.7 Å². The molecule has 2 unspecified atom stereocenters. The van der Waals surface area contributed by atoms with Gasteiger partial charge >= 0.3 is 0 Å². The van der Waals surface area contributed by atoms with Crippen molar-refractivity contribution in [1.29, 1.82) is 0 Å². The Morgan fingerprint density at radius 2 is 2.21 bits per heavy atom. The third-order valence-corrected chi connectivity index (χ3v) is 4.73. The van der Waals surface area contributed by atoms with E-state index in [1.165, 1.54) is 38.8 Å². The van der Waals surface area contributed by atoms with Crippen molar-refractivity contribution in [2.75, 3.05) is 30.8 Å². The van der Waals surface area contributed by atoms with E-state index in [4.69, 9.17) is 0 Å². The van der Waals surface area contributed by atoms with Crippen LogP contribution in [-0.4, -0.2) is 47.1 Å². The summed E-state index contributed by atoms with van der Waals surface area (Å²) in [5.74, 6) is 1.56. The third kappa shape index (κ3) is 2.69. The van der Waals surface area contributed by atoms with Gasteiger partial charge in [0, 0.05) is 31.9 Å². The Kier molecular flexibility index (Phi) is 3.88. The maximum atomic E-state index is 4.49. The average molecular weight is 326 g/mol. The second-order valence-corrected chi connectivity index (χ2v) is 6.13. The topological polar surface area (TPSA) is 53.1 Å². The normalized spacial score (nSPS) is 27.1.